The van der Waals surface area contributed by atoms with E-state index < -0.39 is 0 Å². The van der Waals surface area contributed by atoms with E-state index in [9.17, 15) is 9.59 Å². The molecule has 5 nitrogen and oxygen atoms in total. The van der Waals surface area contributed by atoms with Gasteiger partial charge in [-0.25, -0.2) is 0 Å². The van der Waals surface area contributed by atoms with Gasteiger partial charge in [0.1, 0.15) is 5.69 Å². The summed E-state index contributed by atoms with van der Waals surface area (Å²) in [7, 11) is 1.72. The minimum absolute atomic E-state index is 0.225. The van der Waals surface area contributed by atoms with Gasteiger partial charge < -0.3 is 10.2 Å². The van der Waals surface area contributed by atoms with Crippen LogP contribution in [0.3, 0.4) is 0 Å². The summed E-state index contributed by atoms with van der Waals surface area (Å²) in [5.41, 5.74) is 3.87. The van der Waals surface area contributed by atoms with Gasteiger partial charge in [0.15, 0.2) is 0 Å². The van der Waals surface area contributed by atoms with Gasteiger partial charge in [0.25, 0.3) is 11.8 Å². The third-order valence-electron chi connectivity index (χ3n) is 4.39. The van der Waals surface area contributed by atoms with Crippen molar-refractivity contribution in [1.29, 1.82) is 0 Å². The normalized spacial score (nSPS) is 10.4. The molecule has 0 saturated heterocycles. The molecule has 0 aliphatic heterocycles. The first-order valence-corrected chi connectivity index (χ1v) is 9.12. The third kappa shape index (κ3) is 5.04. The van der Waals surface area contributed by atoms with Crippen molar-refractivity contribution in [3.8, 4) is 0 Å². The highest BCUT2D eigenvalue weighted by Crippen LogP contribution is 2.09. The van der Waals surface area contributed by atoms with Crippen molar-refractivity contribution in [2.75, 3.05) is 7.05 Å². The number of carbonyl (C=O) groups excluding carboxylic acids is 2. The van der Waals surface area contributed by atoms with Crippen molar-refractivity contribution < 1.29 is 9.59 Å². The molecule has 1 aromatic heterocycles. The van der Waals surface area contributed by atoms with Gasteiger partial charge in [0.05, 0.1) is 0 Å². The lowest BCUT2D eigenvalue weighted by atomic mass is 10.1. The Hall–Kier alpha value is -3.47. The standard InChI is InChI=1S/C23H23N3O2/c1-17-7-6-10-19(13-17)15-25-22(27)20-11-12-24-21(14-20)23(28)26(2)16-18-8-4-3-5-9-18/h3-14H,15-16H2,1-2H3,(H,25,27). The topological polar surface area (TPSA) is 62.3 Å². The highest BCUT2D eigenvalue weighted by Gasteiger charge is 2.16. The molecule has 1 heterocycles. The molecule has 1 N–H and O–H groups in total. The monoisotopic (exact) mass is 373 g/mol. The summed E-state index contributed by atoms with van der Waals surface area (Å²) < 4.78 is 0. The fraction of sp³-hybridized carbons (Fsp3) is 0.174. The van der Waals surface area contributed by atoms with Crippen LogP contribution >= 0.6 is 0 Å². The van der Waals surface area contributed by atoms with Crippen LogP contribution in [0.25, 0.3) is 0 Å². The zero-order valence-corrected chi connectivity index (χ0v) is 16.1. The molecule has 0 aliphatic rings. The van der Waals surface area contributed by atoms with Gasteiger partial charge in [-0.15, -0.1) is 0 Å². The summed E-state index contributed by atoms with van der Waals surface area (Å²) in [6, 6.07) is 20.9. The van der Waals surface area contributed by atoms with Crippen molar-refractivity contribution in [3.63, 3.8) is 0 Å². The molecular formula is C23H23N3O2. The number of amides is 2. The van der Waals surface area contributed by atoms with E-state index in [2.05, 4.69) is 10.3 Å². The van der Waals surface area contributed by atoms with Crippen LogP contribution in [0.5, 0.6) is 0 Å². The fourth-order valence-electron chi connectivity index (χ4n) is 2.92. The summed E-state index contributed by atoms with van der Waals surface area (Å²) in [4.78, 5) is 30.9. The maximum absolute atomic E-state index is 12.7. The molecule has 0 spiro atoms. The number of hydrogen-bond donors (Lipinski definition) is 1. The predicted octanol–water partition coefficient (Wildman–Crippen LogP) is 3.59. The Morgan fingerprint density at radius 3 is 2.46 bits per heavy atom. The van der Waals surface area contributed by atoms with Gasteiger partial charge in [-0.2, -0.15) is 0 Å². The molecule has 142 valence electrons. The van der Waals surface area contributed by atoms with Crippen LogP contribution in [0.2, 0.25) is 0 Å². The van der Waals surface area contributed by atoms with E-state index in [1.54, 1.807) is 18.0 Å². The Bertz CT molecular complexity index is 970. The lowest BCUT2D eigenvalue weighted by molar-refractivity contribution is 0.0779. The van der Waals surface area contributed by atoms with E-state index in [1.807, 2.05) is 61.5 Å². The number of pyridine rings is 1. The van der Waals surface area contributed by atoms with Crippen LogP contribution in [0.1, 0.15) is 37.5 Å². The van der Waals surface area contributed by atoms with Crippen LogP contribution in [-0.2, 0) is 13.1 Å². The van der Waals surface area contributed by atoms with E-state index >= 15 is 0 Å². The molecule has 2 amide bonds. The molecule has 0 atom stereocenters. The number of nitrogens with one attached hydrogen (secondary N) is 1. The number of rotatable bonds is 6. The summed E-state index contributed by atoms with van der Waals surface area (Å²) in [5.74, 6) is -0.458. The Morgan fingerprint density at radius 2 is 1.71 bits per heavy atom. The molecule has 0 fully saturated rings. The number of nitrogens with zero attached hydrogens (tertiary/aromatic N) is 2. The largest absolute Gasteiger partial charge is 0.348 e. The zero-order chi connectivity index (χ0) is 19.9. The smallest absolute Gasteiger partial charge is 0.272 e. The van der Waals surface area contributed by atoms with Crippen LogP contribution in [-0.4, -0.2) is 28.7 Å². The molecule has 0 aliphatic carbocycles. The van der Waals surface area contributed by atoms with E-state index in [0.717, 1.165) is 16.7 Å². The number of hydrogen-bond acceptors (Lipinski definition) is 3. The average molecular weight is 373 g/mol. The third-order valence-corrected chi connectivity index (χ3v) is 4.39. The number of carbonyl (C=O) groups is 2. The summed E-state index contributed by atoms with van der Waals surface area (Å²) in [5, 5.41) is 2.89. The molecule has 0 unspecified atom stereocenters. The molecule has 0 saturated carbocycles. The van der Waals surface area contributed by atoms with Gasteiger partial charge in [-0.3, -0.25) is 14.6 Å². The first kappa shape index (κ1) is 19.3. The van der Waals surface area contributed by atoms with E-state index in [0.29, 0.717) is 18.7 Å². The molecule has 0 radical (unpaired) electrons. The van der Waals surface area contributed by atoms with Crippen LogP contribution in [0, 0.1) is 6.92 Å². The second kappa shape index (κ2) is 8.95. The van der Waals surface area contributed by atoms with Crippen molar-refractivity contribution >= 4 is 11.8 Å². The SMILES string of the molecule is Cc1cccc(CNC(=O)c2ccnc(C(=O)N(C)Cc3ccccc3)c2)c1. The molecule has 28 heavy (non-hydrogen) atoms. The Balaban J connectivity index is 1.65. The van der Waals surface area contributed by atoms with Gasteiger partial charge in [0.2, 0.25) is 0 Å². The fourth-order valence-corrected chi connectivity index (χ4v) is 2.92. The Morgan fingerprint density at radius 1 is 0.964 bits per heavy atom. The maximum atomic E-state index is 12.7. The molecule has 0 bridgehead atoms. The van der Waals surface area contributed by atoms with Crippen molar-refractivity contribution in [1.82, 2.24) is 15.2 Å². The molecule has 5 heteroatoms. The molecular weight excluding hydrogens is 350 g/mol. The molecule has 3 aromatic rings. The molecule has 2 aromatic carbocycles. The van der Waals surface area contributed by atoms with Crippen LogP contribution in [0.15, 0.2) is 72.9 Å². The van der Waals surface area contributed by atoms with Crippen molar-refractivity contribution in [2.24, 2.45) is 0 Å². The average Bonchev–Trinajstić information content (AvgIpc) is 2.72. The Kier molecular flexibility index (Phi) is 6.17. The zero-order valence-electron chi connectivity index (χ0n) is 16.1. The number of aryl methyl sites for hydroxylation is 1. The molecule has 3 rings (SSSR count). The summed E-state index contributed by atoms with van der Waals surface area (Å²) in [6.45, 7) is 2.92. The lowest BCUT2D eigenvalue weighted by Crippen LogP contribution is -2.28. The van der Waals surface area contributed by atoms with Crippen LogP contribution in [0.4, 0.5) is 0 Å². The van der Waals surface area contributed by atoms with Gasteiger partial charge >= 0.3 is 0 Å². The first-order valence-electron chi connectivity index (χ1n) is 9.12. The van der Waals surface area contributed by atoms with E-state index in [1.165, 1.54) is 12.3 Å². The summed E-state index contributed by atoms with van der Waals surface area (Å²) >= 11 is 0. The minimum Gasteiger partial charge on any atom is -0.348 e. The highest BCUT2D eigenvalue weighted by molar-refractivity contribution is 5.98. The van der Waals surface area contributed by atoms with Crippen LogP contribution < -0.4 is 5.32 Å². The first-order chi connectivity index (χ1) is 13.5. The number of benzene rings is 2. The van der Waals surface area contributed by atoms with Crippen molar-refractivity contribution in [3.05, 3.63) is 101 Å². The number of aromatic nitrogens is 1. The van der Waals surface area contributed by atoms with Gasteiger partial charge in [0, 0.05) is 31.9 Å². The second-order valence-electron chi connectivity index (χ2n) is 6.75. The van der Waals surface area contributed by atoms with Crippen molar-refractivity contribution in [2.45, 2.75) is 20.0 Å². The van der Waals surface area contributed by atoms with E-state index in [-0.39, 0.29) is 17.5 Å². The summed E-state index contributed by atoms with van der Waals surface area (Å²) in [6.07, 6.45) is 1.49. The lowest BCUT2D eigenvalue weighted by Gasteiger charge is -2.17. The maximum Gasteiger partial charge on any atom is 0.272 e. The van der Waals surface area contributed by atoms with Gasteiger partial charge in [-0.1, -0.05) is 60.2 Å². The minimum atomic E-state index is -0.233. The predicted molar refractivity (Wildman–Crippen MR) is 109 cm³/mol. The second-order valence-corrected chi connectivity index (χ2v) is 6.75. The van der Waals surface area contributed by atoms with Gasteiger partial charge in [-0.05, 0) is 30.2 Å². The quantitative estimate of drug-likeness (QED) is 0.718. The van der Waals surface area contributed by atoms with E-state index in [4.69, 9.17) is 0 Å². The Labute approximate surface area is 165 Å². The highest BCUT2D eigenvalue weighted by atomic mass is 16.2.